The summed E-state index contributed by atoms with van der Waals surface area (Å²) in [6.07, 6.45) is 12.9. The Bertz CT molecular complexity index is 656. The Balaban J connectivity index is 0.926. The maximum atomic E-state index is 12.5. The van der Waals surface area contributed by atoms with Crippen LogP contribution in [0.2, 0.25) is 0 Å². The Kier molecular flexibility index (Phi) is 7.84. The van der Waals surface area contributed by atoms with Crippen LogP contribution in [0.15, 0.2) is 0 Å². The zero-order chi connectivity index (χ0) is 23.7. The van der Waals surface area contributed by atoms with Crippen LogP contribution in [0, 0.1) is 47.3 Å². The first kappa shape index (κ1) is 24.5. The predicted octanol–water partition coefficient (Wildman–Crippen LogP) is 5.48. The van der Waals surface area contributed by atoms with Crippen molar-refractivity contribution in [1.82, 2.24) is 0 Å². The minimum atomic E-state index is -0.460. The van der Waals surface area contributed by atoms with Crippen molar-refractivity contribution in [1.29, 1.82) is 0 Å². The van der Waals surface area contributed by atoms with Gasteiger partial charge in [-0.1, -0.05) is 12.8 Å². The van der Waals surface area contributed by atoms with Crippen molar-refractivity contribution in [3.05, 3.63) is 0 Å². The summed E-state index contributed by atoms with van der Waals surface area (Å²) >= 11 is 0. The molecule has 0 N–H and O–H groups in total. The maximum Gasteiger partial charge on any atom is 0.311 e. The third kappa shape index (κ3) is 5.80. The van der Waals surface area contributed by atoms with Gasteiger partial charge in [0.05, 0.1) is 25.0 Å². The number of hydrogen-bond acceptors (Lipinski definition) is 6. The highest BCUT2D eigenvalue weighted by atomic mass is 16.7. The van der Waals surface area contributed by atoms with Crippen molar-refractivity contribution in [3.63, 3.8) is 0 Å². The van der Waals surface area contributed by atoms with Crippen LogP contribution in [0.4, 0.5) is 0 Å². The van der Waals surface area contributed by atoms with Gasteiger partial charge >= 0.3 is 11.9 Å². The lowest BCUT2D eigenvalue weighted by Gasteiger charge is -2.30. The molecule has 4 bridgehead atoms. The van der Waals surface area contributed by atoms with E-state index >= 15 is 0 Å². The zero-order valence-electron chi connectivity index (χ0n) is 21.1. The van der Waals surface area contributed by atoms with Crippen LogP contribution in [0.1, 0.15) is 90.9 Å². The first-order valence-electron chi connectivity index (χ1n) is 14.1. The molecule has 0 aromatic rings. The molecule has 0 aromatic carbocycles. The fourth-order valence-electron chi connectivity index (χ4n) is 7.74. The van der Waals surface area contributed by atoms with Crippen LogP contribution in [0.3, 0.4) is 0 Å². The van der Waals surface area contributed by atoms with Crippen molar-refractivity contribution >= 4 is 11.9 Å². The number of ether oxygens (including phenoxy) is 4. The standard InChI is InChI=1S/C28H44O6/c1-17(33-27(29)25-13-21-7-9-23(25)11-21)31-15-19-3-5-20(6-4-19)16-32-18(2)34-28(30)26-14-22-8-10-24(26)12-22/h17-26H,3-16H2,1-2H3. The summed E-state index contributed by atoms with van der Waals surface area (Å²) in [6.45, 7) is 5.00. The van der Waals surface area contributed by atoms with E-state index in [0.29, 0.717) is 36.9 Å². The van der Waals surface area contributed by atoms with E-state index in [1.54, 1.807) is 0 Å². The largest absolute Gasteiger partial charge is 0.436 e. The number of hydrogen-bond donors (Lipinski definition) is 0. The second-order valence-electron chi connectivity index (χ2n) is 12.1. The highest BCUT2D eigenvalue weighted by molar-refractivity contribution is 5.74. The summed E-state index contributed by atoms with van der Waals surface area (Å²) in [4.78, 5) is 25.0. The number of esters is 2. The summed E-state index contributed by atoms with van der Waals surface area (Å²) in [5.74, 6) is 3.72. The third-order valence-corrected chi connectivity index (χ3v) is 9.75. The van der Waals surface area contributed by atoms with Crippen molar-refractivity contribution in [3.8, 4) is 0 Å². The lowest BCUT2D eigenvalue weighted by atomic mass is 9.83. The molecule has 0 saturated heterocycles. The van der Waals surface area contributed by atoms with Crippen LogP contribution in [-0.2, 0) is 28.5 Å². The van der Waals surface area contributed by atoms with Gasteiger partial charge in [0.2, 0.25) is 0 Å². The SMILES string of the molecule is CC(OCC1CCC(COC(C)OC(=O)C2CC3CCC2C3)CC1)OC(=O)C1CC2CCC1C2. The van der Waals surface area contributed by atoms with Crippen molar-refractivity contribution < 1.29 is 28.5 Å². The van der Waals surface area contributed by atoms with Crippen molar-refractivity contribution in [2.45, 2.75) is 103 Å². The Morgan fingerprint density at radius 3 is 1.35 bits per heavy atom. The molecule has 0 aliphatic heterocycles. The molecule has 0 amide bonds. The van der Waals surface area contributed by atoms with E-state index in [1.165, 1.54) is 38.5 Å². The maximum absolute atomic E-state index is 12.5. The van der Waals surface area contributed by atoms with Gasteiger partial charge in [-0.05, 0) is 114 Å². The molecule has 5 aliphatic carbocycles. The van der Waals surface area contributed by atoms with E-state index in [0.717, 1.165) is 50.4 Å². The van der Waals surface area contributed by atoms with Crippen LogP contribution >= 0.6 is 0 Å². The van der Waals surface area contributed by atoms with Crippen LogP contribution in [0.25, 0.3) is 0 Å². The number of rotatable bonds is 10. The second-order valence-corrected chi connectivity index (χ2v) is 12.1. The average Bonchev–Trinajstić information content (AvgIpc) is 3.64. The smallest absolute Gasteiger partial charge is 0.311 e. The number of carbonyl (C=O) groups excluding carboxylic acids is 2. The Hall–Kier alpha value is -1.14. The molecule has 5 aliphatic rings. The van der Waals surface area contributed by atoms with Crippen LogP contribution in [0.5, 0.6) is 0 Å². The molecule has 0 spiro atoms. The van der Waals surface area contributed by atoms with E-state index in [2.05, 4.69) is 0 Å². The number of fused-ring (bicyclic) bond motifs is 4. The van der Waals surface area contributed by atoms with E-state index in [-0.39, 0.29) is 23.8 Å². The molecule has 8 atom stereocenters. The first-order valence-corrected chi connectivity index (χ1v) is 14.1. The normalized spacial score (nSPS) is 40.3. The lowest BCUT2D eigenvalue weighted by Crippen LogP contribution is -2.30. The molecule has 34 heavy (non-hydrogen) atoms. The van der Waals surface area contributed by atoms with Crippen LogP contribution < -0.4 is 0 Å². The minimum absolute atomic E-state index is 0.0455. The van der Waals surface area contributed by atoms with Crippen molar-refractivity contribution in [2.24, 2.45) is 47.3 Å². The van der Waals surface area contributed by atoms with Gasteiger partial charge in [-0.3, -0.25) is 9.59 Å². The Morgan fingerprint density at radius 1 is 0.618 bits per heavy atom. The predicted molar refractivity (Wildman–Crippen MR) is 126 cm³/mol. The number of carbonyl (C=O) groups is 2. The second kappa shape index (κ2) is 10.9. The Labute approximate surface area is 204 Å². The van der Waals surface area contributed by atoms with Crippen molar-refractivity contribution in [2.75, 3.05) is 13.2 Å². The van der Waals surface area contributed by atoms with Gasteiger partial charge in [-0.2, -0.15) is 0 Å². The van der Waals surface area contributed by atoms with Crippen LogP contribution in [-0.4, -0.2) is 37.7 Å². The topological polar surface area (TPSA) is 71.1 Å². The molecular formula is C28H44O6. The fourth-order valence-corrected chi connectivity index (χ4v) is 7.74. The van der Waals surface area contributed by atoms with Gasteiger partial charge in [0.15, 0.2) is 12.6 Å². The van der Waals surface area contributed by atoms with Gasteiger partial charge in [-0.15, -0.1) is 0 Å². The van der Waals surface area contributed by atoms with Gasteiger partial charge in [-0.25, -0.2) is 0 Å². The molecule has 0 heterocycles. The highest BCUT2D eigenvalue weighted by Gasteiger charge is 2.45. The molecule has 192 valence electrons. The minimum Gasteiger partial charge on any atom is -0.436 e. The molecule has 0 aromatic heterocycles. The molecule has 6 nitrogen and oxygen atoms in total. The molecule has 5 saturated carbocycles. The van der Waals surface area contributed by atoms with E-state index in [4.69, 9.17) is 18.9 Å². The van der Waals surface area contributed by atoms with Gasteiger partial charge in [0.25, 0.3) is 0 Å². The summed E-state index contributed by atoms with van der Waals surface area (Å²) in [5.41, 5.74) is 0. The zero-order valence-corrected chi connectivity index (χ0v) is 21.1. The monoisotopic (exact) mass is 476 g/mol. The summed E-state index contributed by atoms with van der Waals surface area (Å²) in [5, 5.41) is 0. The fraction of sp³-hybridized carbons (Fsp3) is 0.929. The third-order valence-electron chi connectivity index (χ3n) is 9.75. The molecule has 0 radical (unpaired) electrons. The van der Waals surface area contributed by atoms with E-state index in [9.17, 15) is 9.59 Å². The highest BCUT2D eigenvalue weighted by Crippen LogP contribution is 2.49. The van der Waals surface area contributed by atoms with Gasteiger partial charge < -0.3 is 18.9 Å². The summed E-state index contributed by atoms with van der Waals surface area (Å²) < 4.78 is 23.1. The molecule has 5 fully saturated rings. The Morgan fingerprint density at radius 2 is 1.03 bits per heavy atom. The molecule has 8 unspecified atom stereocenters. The molecule has 5 rings (SSSR count). The molecule has 6 heteroatoms. The van der Waals surface area contributed by atoms with E-state index < -0.39 is 12.6 Å². The van der Waals surface area contributed by atoms with Gasteiger partial charge in [0, 0.05) is 0 Å². The summed E-state index contributed by atoms with van der Waals surface area (Å²) in [6, 6.07) is 0. The van der Waals surface area contributed by atoms with E-state index in [1.807, 2.05) is 13.8 Å². The van der Waals surface area contributed by atoms with Gasteiger partial charge in [0.1, 0.15) is 0 Å². The molecular weight excluding hydrogens is 432 g/mol. The average molecular weight is 477 g/mol. The first-order chi connectivity index (χ1) is 16.4. The summed E-state index contributed by atoms with van der Waals surface area (Å²) in [7, 11) is 0. The lowest BCUT2D eigenvalue weighted by molar-refractivity contribution is -0.187. The quantitative estimate of drug-likeness (QED) is 0.307.